The smallest absolute Gasteiger partial charge is 0.300 e. The zero-order valence-electron chi connectivity index (χ0n) is 17.5. The Morgan fingerprint density at radius 3 is 2.75 bits per heavy atom. The molecule has 1 aliphatic carbocycles. The minimum absolute atomic E-state index is 0.0755. The number of aromatic nitrogens is 3. The molecule has 2 fully saturated rings. The second-order valence-corrected chi connectivity index (χ2v) is 8.65. The molecular weight excluding hydrogens is 432 g/mol. The second kappa shape index (κ2) is 7.95. The third-order valence-electron chi connectivity index (χ3n) is 5.90. The summed E-state index contributed by atoms with van der Waals surface area (Å²) in [5, 5.41) is 9.55. The number of halogens is 1. The molecular formula is C22H21ClN6O3. The summed E-state index contributed by atoms with van der Waals surface area (Å²) in [6.45, 7) is 4.45. The van der Waals surface area contributed by atoms with Crippen molar-refractivity contribution in [2.45, 2.75) is 19.8 Å². The molecule has 0 unspecified atom stereocenters. The molecule has 1 amide bonds. The summed E-state index contributed by atoms with van der Waals surface area (Å²) in [5.41, 5.74) is 1.98. The molecule has 3 aromatic heterocycles. The van der Waals surface area contributed by atoms with Crippen LogP contribution in [0.5, 0.6) is 5.88 Å². The van der Waals surface area contributed by atoms with E-state index in [-0.39, 0.29) is 11.3 Å². The number of pyridine rings is 2. The SMILES string of the molecule is Cc1cc(C(=O)N2CCN(c3nc4nc(Cl)ccc4o3)CC2)cnc1OCC1(C#N)CC1. The van der Waals surface area contributed by atoms with Crippen molar-refractivity contribution in [2.24, 2.45) is 5.41 Å². The van der Waals surface area contributed by atoms with Gasteiger partial charge in [-0.05, 0) is 38.0 Å². The summed E-state index contributed by atoms with van der Waals surface area (Å²) in [5.74, 6) is 0.395. The Labute approximate surface area is 189 Å². The van der Waals surface area contributed by atoms with E-state index < -0.39 is 0 Å². The van der Waals surface area contributed by atoms with Crippen molar-refractivity contribution in [3.8, 4) is 11.9 Å². The predicted molar refractivity (Wildman–Crippen MR) is 117 cm³/mol. The molecule has 164 valence electrons. The standard InChI is InChI=1S/C22H21ClN6O3/c1-14-10-15(11-25-19(14)31-13-22(12-24)4-5-22)20(30)28-6-8-29(9-7-28)21-27-18-16(32-21)2-3-17(23)26-18/h2-3,10-11H,4-9,13H2,1H3. The summed E-state index contributed by atoms with van der Waals surface area (Å²) in [7, 11) is 0. The maximum Gasteiger partial charge on any atom is 0.300 e. The third-order valence-corrected chi connectivity index (χ3v) is 6.11. The first-order valence-electron chi connectivity index (χ1n) is 10.4. The fraction of sp³-hybridized carbons (Fsp3) is 0.409. The average molecular weight is 453 g/mol. The normalized spacial score (nSPS) is 17.3. The minimum Gasteiger partial charge on any atom is -0.476 e. The molecule has 0 N–H and O–H groups in total. The van der Waals surface area contributed by atoms with E-state index in [1.54, 1.807) is 29.3 Å². The summed E-state index contributed by atoms with van der Waals surface area (Å²) in [6.07, 6.45) is 3.26. The van der Waals surface area contributed by atoms with Gasteiger partial charge in [0.1, 0.15) is 11.8 Å². The summed E-state index contributed by atoms with van der Waals surface area (Å²) in [6, 6.07) is 7.98. The topological polar surface area (TPSA) is 108 Å². The van der Waals surface area contributed by atoms with E-state index in [0.29, 0.717) is 66.6 Å². The molecule has 0 bridgehead atoms. The van der Waals surface area contributed by atoms with Gasteiger partial charge < -0.3 is 19.0 Å². The number of anilines is 1. The van der Waals surface area contributed by atoms with E-state index >= 15 is 0 Å². The van der Waals surface area contributed by atoms with Crippen molar-refractivity contribution in [3.05, 3.63) is 40.7 Å². The lowest BCUT2D eigenvalue weighted by atomic mass is 10.1. The second-order valence-electron chi connectivity index (χ2n) is 8.26. The number of piperazine rings is 1. The molecule has 0 radical (unpaired) electrons. The maximum absolute atomic E-state index is 13.0. The van der Waals surface area contributed by atoms with Crippen LogP contribution in [0.1, 0.15) is 28.8 Å². The van der Waals surface area contributed by atoms with Gasteiger partial charge in [-0.2, -0.15) is 10.2 Å². The van der Waals surface area contributed by atoms with E-state index in [1.165, 1.54) is 0 Å². The first-order chi connectivity index (χ1) is 15.5. The lowest BCUT2D eigenvalue weighted by molar-refractivity contribution is 0.0744. The molecule has 10 heteroatoms. The Bertz CT molecular complexity index is 1220. The van der Waals surface area contributed by atoms with Gasteiger partial charge >= 0.3 is 0 Å². The highest BCUT2D eigenvalue weighted by molar-refractivity contribution is 6.29. The molecule has 0 aromatic carbocycles. The van der Waals surface area contributed by atoms with Gasteiger partial charge in [0.05, 0.1) is 17.0 Å². The molecule has 1 saturated carbocycles. The van der Waals surface area contributed by atoms with Crippen LogP contribution in [-0.2, 0) is 0 Å². The number of hydrogen-bond donors (Lipinski definition) is 0. The number of amides is 1. The zero-order valence-corrected chi connectivity index (χ0v) is 18.3. The number of nitrogens with zero attached hydrogens (tertiary/aromatic N) is 6. The number of oxazole rings is 1. The van der Waals surface area contributed by atoms with Crippen molar-refractivity contribution < 1.29 is 13.9 Å². The first-order valence-corrected chi connectivity index (χ1v) is 10.8. The fourth-order valence-electron chi connectivity index (χ4n) is 3.68. The molecule has 5 rings (SSSR count). The minimum atomic E-state index is -0.362. The van der Waals surface area contributed by atoms with E-state index in [9.17, 15) is 10.1 Å². The van der Waals surface area contributed by atoms with Crippen molar-refractivity contribution in [3.63, 3.8) is 0 Å². The monoisotopic (exact) mass is 452 g/mol. The van der Waals surface area contributed by atoms with Crippen LogP contribution in [0.3, 0.4) is 0 Å². The molecule has 1 saturated heterocycles. The number of ether oxygens (including phenoxy) is 1. The van der Waals surface area contributed by atoms with Crippen LogP contribution >= 0.6 is 11.6 Å². The van der Waals surface area contributed by atoms with Crippen LogP contribution in [0.2, 0.25) is 5.15 Å². The number of carbonyl (C=O) groups is 1. The molecule has 0 atom stereocenters. The van der Waals surface area contributed by atoms with E-state index in [2.05, 4.69) is 21.0 Å². The van der Waals surface area contributed by atoms with Gasteiger partial charge in [-0.25, -0.2) is 9.97 Å². The lowest BCUT2D eigenvalue weighted by Crippen LogP contribution is -2.49. The van der Waals surface area contributed by atoms with E-state index in [1.807, 2.05) is 11.8 Å². The van der Waals surface area contributed by atoms with E-state index in [0.717, 1.165) is 18.4 Å². The van der Waals surface area contributed by atoms with Crippen LogP contribution in [0, 0.1) is 23.7 Å². The number of carbonyl (C=O) groups excluding carboxylic acids is 1. The molecule has 3 aromatic rings. The Kier molecular flexibility index (Phi) is 5.10. The van der Waals surface area contributed by atoms with Gasteiger partial charge in [0.25, 0.3) is 11.9 Å². The number of hydrogen-bond acceptors (Lipinski definition) is 8. The van der Waals surface area contributed by atoms with Crippen LogP contribution in [0.4, 0.5) is 6.01 Å². The van der Waals surface area contributed by atoms with Crippen LogP contribution in [0.15, 0.2) is 28.8 Å². The largest absolute Gasteiger partial charge is 0.476 e. The third kappa shape index (κ3) is 3.94. The highest BCUT2D eigenvalue weighted by Crippen LogP contribution is 2.45. The molecule has 9 nitrogen and oxygen atoms in total. The summed E-state index contributed by atoms with van der Waals surface area (Å²) >= 11 is 5.92. The Morgan fingerprint density at radius 2 is 2.06 bits per heavy atom. The van der Waals surface area contributed by atoms with Gasteiger partial charge in [0.2, 0.25) is 11.5 Å². The fourth-order valence-corrected chi connectivity index (χ4v) is 3.82. The highest BCUT2D eigenvalue weighted by atomic mass is 35.5. The van der Waals surface area contributed by atoms with Crippen LogP contribution < -0.4 is 9.64 Å². The summed E-state index contributed by atoms with van der Waals surface area (Å²) in [4.78, 5) is 29.6. The Balaban J connectivity index is 1.21. The van der Waals surface area contributed by atoms with Gasteiger partial charge in [-0.1, -0.05) is 11.6 Å². The Morgan fingerprint density at radius 1 is 1.28 bits per heavy atom. The van der Waals surface area contributed by atoms with Crippen molar-refractivity contribution in [2.75, 3.05) is 37.7 Å². The van der Waals surface area contributed by atoms with Gasteiger partial charge in [-0.3, -0.25) is 4.79 Å². The first kappa shape index (κ1) is 20.5. The van der Waals surface area contributed by atoms with Crippen LogP contribution in [0.25, 0.3) is 11.2 Å². The molecule has 1 aliphatic heterocycles. The lowest BCUT2D eigenvalue weighted by Gasteiger charge is -2.33. The van der Waals surface area contributed by atoms with Gasteiger partial charge in [0.15, 0.2) is 5.58 Å². The van der Waals surface area contributed by atoms with Crippen molar-refractivity contribution in [1.82, 2.24) is 19.9 Å². The average Bonchev–Trinajstić information content (AvgIpc) is 3.47. The summed E-state index contributed by atoms with van der Waals surface area (Å²) < 4.78 is 11.5. The molecule has 32 heavy (non-hydrogen) atoms. The number of nitriles is 1. The molecule has 2 aliphatic rings. The maximum atomic E-state index is 13.0. The number of rotatable bonds is 5. The number of fused-ring (bicyclic) bond motifs is 1. The molecule has 0 spiro atoms. The van der Waals surface area contributed by atoms with Crippen LogP contribution in [-0.4, -0.2) is 58.5 Å². The van der Waals surface area contributed by atoms with Gasteiger partial charge in [-0.15, -0.1) is 0 Å². The van der Waals surface area contributed by atoms with Crippen molar-refractivity contribution in [1.29, 1.82) is 5.26 Å². The Hall–Kier alpha value is -3.38. The highest BCUT2D eigenvalue weighted by Gasteiger charge is 2.44. The zero-order chi connectivity index (χ0) is 22.3. The van der Waals surface area contributed by atoms with E-state index in [4.69, 9.17) is 20.8 Å². The predicted octanol–water partition coefficient (Wildman–Crippen LogP) is 3.22. The van der Waals surface area contributed by atoms with Gasteiger partial charge in [0, 0.05) is 37.9 Å². The molecule has 4 heterocycles. The van der Waals surface area contributed by atoms with Crippen molar-refractivity contribution >= 4 is 34.8 Å². The number of aryl methyl sites for hydroxylation is 1. The quantitative estimate of drug-likeness (QED) is 0.543.